The van der Waals surface area contributed by atoms with Crippen molar-refractivity contribution in [1.29, 1.82) is 0 Å². The molecule has 3 aromatic rings. The third kappa shape index (κ3) is 6.35. The molecule has 0 bridgehead atoms. The monoisotopic (exact) mass is 468 g/mol. The van der Waals surface area contributed by atoms with Gasteiger partial charge in [-0.1, -0.05) is 30.8 Å². The number of amides is 1. The Kier molecular flexibility index (Phi) is 8.48. The molecule has 1 atom stereocenters. The second-order valence-electron chi connectivity index (χ2n) is 7.25. The van der Waals surface area contributed by atoms with Gasteiger partial charge in [-0.15, -0.1) is 10.2 Å². The van der Waals surface area contributed by atoms with E-state index < -0.39 is 5.97 Å². The van der Waals surface area contributed by atoms with E-state index in [1.807, 2.05) is 30.5 Å². The molecule has 1 N–H and O–H groups in total. The molecule has 0 spiro atoms. The highest BCUT2D eigenvalue weighted by molar-refractivity contribution is 7.99. The van der Waals surface area contributed by atoms with E-state index in [1.165, 1.54) is 24.4 Å². The number of anilines is 1. The van der Waals surface area contributed by atoms with E-state index in [1.54, 1.807) is 24.3 Å². The maximum Gasteiger partial charge on any atom is 0.337 e. The summed E-state index contributed by atoms with van der Waals surface area (Å²) in [5.74, 6) is 1.05. The van der Waals surface area contributed by atoms with E-state index >= 15 is 0 Å². The molecule has 0 aliphatic rings. The number of carbonyl (C=O) groups excluding carboxylic acids is 2. The van der Waals surface area contributed by atoms with Crippen LogP contribution in [0.2, 0.25) is 0 Å². The molecule has 3 rings (SSSR count). The van der Waals surface area contributed by atoms with Crippen molar-refractivity contribution in [3.63, 3.8) is 0 Å². The maximum absolute atomic E-state index is 12.4. The van der Waals surface area contributed by atoms with Gasteiger partial charge in [0.15, 0.2) is 17.1 Å². The lowest BCUT2D eigenvalue weighted by atomic mass is 10.2. The minimum Gasteiger partial charge on any atom is -0.483 e. The fraction of sp³-hybridized carbons (Fsp3) is 0.333. The van der Waals surface area contributed by atoms with Gasteiger partial charge in [-0.25, -0.2) is 4.79 Å². The van der Waals surface area contributed by atoms with Crippen LogP contribution in [-0.4, -0.2) is 39.5 Å². The highest BCUT2D eigenvalue weighted by atomic mass is 32.2. The highest BCUT2D eigenvalue weighted by Gasteiger charge is 2.19. The highest BCUT2D eigenvalue weighted by Crippen LogP contribution is 2.25. The number of esters is 1. The number of hydrogen-bond acceptors (Lipinski definition) is 7. The number of nitrogens with one attached hydrogen (secondary N) is 1. The number of aryl methyl sites for hydroxylation is 1. The Bertz CT molecular complexity index is 1080. The number of benzene rings is 2. The fourth-order valence-electron chi connectivity index (χ4n) is 3.20. The molecule has 0 unspecified atom stereocenters. The van der Waals surface area contributed by atoms with Crippen molar-refractivity contribution < 1.29 is 19.1 Å². The summed E-state index contributed by atoms with van der Waals surface area (Å²) in [5.41, 5.74) is 2.27. The SMILES string of the molecule is CCc1ccc(O[C@@H](C)c2nnc(SCC(=O)Nc3ccc(C(=O)OC)cc3)n2CC)cc1. The summed E-state index contributed by atoms with van der Waals surface area (Å²) < 4.78 is 12.7. The molecule has 9 heteroatoms. The number of aromatic nitrogens is 3. The van der Waals surface area contributed by atoms with Gasteiger partial charge >= 0.3 is 5.97 Å². The van der Waals surface area contributed by atoms with Crippen LogP contribution in [-0.2, 0) is 22.5 Å². The predicted octanol–water partition coefficient (Wildman–Crippen LogP) is 4.52. The lowest BCUT2D eigenvalue weighted by Crippen LogP contribution is -2.15. The molecular formula is C24H28N4O4S. The third-order valence-electron chi connectivity index (χ3n) is 4.99. The topological polar surface area (TPSA) is 95.3 Å². The summed E-state index contributed by atoms with van der Waals surface area (Å²) in [5, 5.41) is 12.0. The number of thioether (sulfide) groups is 1. The molecule has 1 heterocycles. The number of ether oxygens (including phenoxy) is 2. The zero-order chi connectivity index (χ0) is 23.8. The molecular weight excluding hydrogens is 440 g/mol. The average molecular weight is 469 g/mol. The van der Waals surface area contributed by atoms with Crippen LogP contribution in [0, 0.1) is 0 Å². The second-order valence-corrected chi connectivity index (χ2v) is 8.19. The molecule has 1 aromatic heterocycles. The summed E-state index contributed by atoms with van der Waals surface area (Å²) in [6.45, 7) is 6.71. The van der Waals surface area contributed by atoms with Crippen LogP contribution in [0.1, 0.15) is 48.6 Å². The van der Waals surface area contributed by atoms with Crippen LogP contribution in [0.5, 0.6) is 5.75 Å². The second kappa shape index (κ2) is 11.5. The van der Waals surface area contributed by atoms with Crippen molar-refractivity contribution in [2.45, 2.75) is 45.0 Å². The van der Waals surface area contributed by atoms with Crippen LogP contribution in [0.4, 0.5) is 5.69 Å². The van der Waals surface area contributed by atoms with Crippen molar-refractivity contribution in [2.24, 2.45) is 0 Å². The molecule has 0 radical (unpaired) electrons. The molecule has 0 aliphatic heterocycles. The fourth-order valence-corrected chi connectivity index (χ4v) is 4.01. The minimum atomic E-state index is -0.422. The summed E-state index contributed by atoms with van der Waals surface area (Å²) >= 11 is 1.31. The lowest BCUT2D eigenvalue weighted by molar-refractivity contribution is -0.113. The largest absolute Gasteiger partial charge is 0.483 e. The Morgan fingerprint density at radius 1 is 1.06 bits per heavy atom. The molecule has 33 heavy (non-hydrogen) atoms. The molecule has 0 aliphatic carbocycles. The van der Waals surface area contributed by atoms with Crippen molar-refractivity contribution in [3.05, 3.63) is 65.5 Å². The predicted molar refractivity (Wildman–Crippen MR) is 128 cm³/mol. The minimum absolute atomic E-state index is 0.171. The number of carbonyl (C=O) groups is 2. The van der Waals surface area contributed by atoms with Gasteiger partial charge in [0.2, 0.25) is 5.91 Å². The first-order valence-electron chi connectivity index (χ1n) is 10.7. The Labute approximate surface area is 197 Å². The summed E-state index contributed by atoms with van der Waals surface area (Å²) in [6, 6.07) is 14.5. The Morgan fingerprint density at radius 2 is 1.76 bits per heavy atom. The van der Waals surface area contributed by atoms with E-state index in [4.69, 9.17) is 4.74 Å². The Balaban J connectivity index is 1.58. The number of nitrogens with zero attached hydrogens (tertiary/aromatic N) is 3. The molecule has 2 aromatic carbocycles. The van der Waals surface area contributed by atoms with E-state index in [0.717, 1.165) is 12.2 Å². The van der Waals surface area contributed by atoms with Gasteiger partial charge < -0.3 is 19.4 Å². The van der Waals surface area contributed by atoms with Crippen molar-refractivity contribution in [1.82, 2.24) is 14.8 Å². The quantitative estimate of drug-likeness (QED) is 0.345. The van der Waals surface area contributed by atoms with Crippen LogP contribution in [0.15, 0.2) is 53.7 Å². The van der Waals surface area contributed by atoms with Crippen LogP contribution in [0.3, 0.4) is 0 Å². The van der Waals surface area contributed by atoms with Gasteiger partial charge in [-0.2, -0.15) is 0 Å². The van der Waals surface area contributed by atoms with Gasteiger partial charge in [0.1, 0.15) is 5.75 Å². The molecule has 8 nitrogen and oxygen atoms in total. The summed E-state index contributed by atoms with van der Waals surface area (Å²) in [7, 11) is 1.33. The van der Waals surface area contributed by atoms with Gasteiger partial charge in [-0.05, 0) is 62.2 Å². The van der Waals surface area contributed by atoms with E-state index in [0.29, 0.717) is 28.8 Å². The van der Waals surface area contributed by atoms with E-state index in [9.17, 15) is 9.59 Å². The van der Waals surface area contributed by atoms with Crippen LogP contribution < -0.4 is 10.1 Å². The first kappa shape index (κ1) is 24.3. The molecule has 1 amide bonds. The number of methoxy groups -OCH3 is 1. The number of hydrogen-bond donors (Lipinski definition) is 1. The Morgan fingerprint density at radius 3 is 2.36 bits per heavy atom. The van der Waals surface area contributed by atoms with E-state index in [2.05, 4.69) is 39.3 Å². The molecule has 0 fully saturated rings. The number of rotatable bonds is 10. The van der Waals surface area contributed by atoms with Crippen molar-refractivity contribution in [2.75, 3.05) is 18.2 Å². The molecule has 0 saturated heterocycles. The molecule has 174 valence electrons. The first-order chi connectivity index (χ1) is 15.9. The first-order valence-corrected chi connectivity index (χ1v) is 11.7. The lowest BCUT2D eigenvalue weighted by Gasteiger charge is -2.16. The van der Waals surface area contributed by atoms with Crippen molar-refractivity contribution >= 4 is 29.3 Å². The molecule has 0 saturated carbocycles. The van der Waals surface area contributed by atoms with Crippen LogP contribution in [0.25, 0.3) is 0 Å². The van der Waals surface area contributed by atoms with Gasteiger partial charge in [0.25, 0.3) is 0 Å². The average Bonchev–Trinajstić information content (AvgIpc) is 3.26. The van der Waals surface area contributed by atoms with Gasteiger partial charge in [-0.3, -0.25) is 4.79 Å². The van der Waals surface area contributed by atoms with Gasteiger partial charge in [0, 0.05) is 12.2 Å². The van der Waals surface area contributed by atoms with Gasteiger partial charge in [0.05, 0.1) is 18.4 Å². The summed E-state index contributed by atoms with van der Waals surface area (Å²) in [6.07, 6.45) is 0.689. The third-order valence-corrected chi connectivity index (χ3v) is 5.96. The van der Waals surface area contributed by atoms with Crippen LogP contribution >= 0.6 is 11.8 Å². The zero-order valence-corrected chi connectivity index (χ0v) is 20.0. The summed E-state index contributed by atoms with van der Waals surface area (Å²) in [4.78, 5) is 23.9. The van der Waals surface area contributed by atoms with E-state index in [-0.39, 0.29) is 17.8 Å². The van der Waals surface area contributed by atoms with Crippen molar-refractivity contribution in [3.8, 4) is 5.75 Å². The smallest absolute Gasteiger partial charge is 0.337 e. The normalized spacial score (nSPS) is 11.6. The zero-order valence-electron chi connectivity index (χ0n) is 19.2. The standard InChI is InChI=1S/C24H28N4O4S/c1-5-17-7-13-20(14-8-17)32-16(3)22-26-27-24(28(22)6-2)33-15-21(29)25-19-11-9-18(10-12-19)23(30)31-4/h7-14,16H,5-6,15H2,1-4H3,(H,25,29)/t16-/m0/s1. The Hall–Kier alpha value is -3.33. The maximum atomic E-state index is 12.4.